The van der Waals surface area contributed by atoms with Gasteiger partial charge in [0.15, 0.2) is 5.72 Å². The number of hydrogen-bond donors (Lipinski definition) is 1. The van der Waals surface area contributed by atoms with Crippen molar-refractivity contribution < 1.29 is 14.7 Å². The van der Waals surface area contributed by atoms with Crippen molar-refractivity contribution in [1.82, 2.24) is 9.47 Å². The van der Waals surface area contributed by atoms with Gasteiger partial charge >= 0.3 is 0 Å². The molecule has 5 nitrogen and oxygen atoms in total. The van der Waals surface area contributed by atoms with Gasteiger partial charge in [-0.1, -0.05) is 62.1 Å². The number of amides is 1. The standard InChI is InChI=1S/C29H32N2O3/c32-26-18-5-3-1-2-4-10-19-30-28(33)22-13-6-8-15-23(22)29(30,34)24-16-11-14-21-20-12-7-9-17-25(20)31(26)27(21)24/h6-9,12-13,15,17,24,34H,1-5,10-11,14,16,18-19H2. The predicted octanol–water partition coefficient (Wildman–Crippen LogP) is 5.75. The van der Waals surface area contributed by atoms with Crippen molar-refractivity contribution in [3.8, 4) is 0 Å². The monoisotopic (exact) mass is 456 g/mol. The lowest BCUT2D eigenvalue weighted by Gasteiger charge is -2.43. The first kappa shape index (κ1) is 21.6. The fraction of sp³-hybridized carbons (Fsp3) is 0.448. The Hall–Kier alpha value is -2.92. The third-order valence-electron chi connectivity index (χ3n) is 8.24. The van der Waals surface area contributed by atoms with Crippen LogP contribution in [0.2, 0.25) is 0 Å². The molecule has 6 rings (SSSR count). The predicted molar refractivity (Wildman–Crippen MR) is 132 cm³/mol. The van der Waals surface area contributed by atoms with Crippen LogP contribution in [0.1, 0.15) is 95.7 Å². The number of aliphatic hydroxyl groups is 1. The Kier molecular flexibility index (Phi) is 5.33. The van der Waals surface area contributed by atoms with Gasteiger partial charge in [-0.05, 0) is 49.8 Å². The molecule has 2 aliphatic heterocycles. The van der Waals surface area contributed by atoms with Crippen molar-refractivity contribution in [3.63, 3.8) is 0 Å². The third-order valence-corrected chi connectivity index (χ3v) is 8.24. The molecule has 176 valence electrons. The molecule has 2 unspecified atom stereocenters. The Morgan fingerprint density at radius 2 is 1.56 bits per heavy atom. The number of rotatable bonds is 0. The van der Waals surface area contributed by atoms with Crippen LogP contribution in [0.15, 0.2) is 48.5 Å². The number of aromatic nitrogens is 1. The number of para-hydroxylation sites is 1. The zero-order valence-corrected chi connectivity index (χ0v) is 19.6. The fourth-order valence-corrected chi connectivity index (χ4v) is 6.68. The number of hydrogen-bond acceptors (Lipinski definition) is 3. The Labute approximate surface area is 200 Å². The average molecular weight is 457 g/mol. The van der Waals surface area contributed by atoms with E-state index in [0.717, 1.165) is 79.9 Å². The van der Waals surface area contributed by atoms with Crippen molar-refractivity contribution >= 4 is 22.7 Å². The summed E-state index contributed by atoms with van der Waals surface area (Å²) >= 11 is 0. The summed E-state index contributed by atoms with van der Waals surface area (Å²) in [6.45, 7) is 0.532. The molecule has 5 heteroatoms. The zero-order valence-electron chi connectivity index (χ0n) is 19.6. The van der Waals surface area contributed by atoms with Crippen LogP contribution in [0.25, 0.3) is 10.9 Å². The smallest absolute Gasteiger partial charge is 0.256 e. The maximum Gasteiger partial charge on any atom is 0.256 e. The molecule has 1 amide bonds. The molecular weight excluding hydrogens is 424 g/mol. The number of benzene rings is 2. The van der Waals surface area contributed by atoms with E-state index < -0.39 is 5.72 Å². The highest BCUT2D eigenvalue weighted by Crippen LogP contribution is 2.52. The summed E-state index contributed by atoms with van der Waals surface area (Å²) in [5.74, 6) is -0.330. The number of fused-ring (bicyclic) bond motifs is 7. The first-order valence-electron chi connectivity index (χ1n) is 12.9. The van der Waals surface area contributed by atoms with Gasteiger partial charge in [0.2, 0.25) is 5.91 Å². The number of aryl methyl sites for hydroxylation is 1. The second-order valence-electron chi connectivity index (χ2n) is 10.2. The molecule has 2 atom stereocenters. The Morgan fingerprint density at radius 1 is 0.824 bits per heavy atom. The first-order chi connectivity index (χ1) is 16.6. The van der Waals surface area contributed by atoms with Crippen molar-refractivity contribution in [2.75, 3.05) is 6.54 Å². The summed E-state index contributed by atoms with van der Waals surface area (Å²) in [4.78, 5) is 29.0. The minimum absolute atomic E-state index is 0.0914. The van der Waals surface area contributed by atoms with Gasteiger partial charge in [-0.2, -0.15) is 0 Å². The number of nitrogens with zero attached hydrogens (tertiary/aromatic N) is 2. The molecule has 0 saturated carbocycles. The molecule has 1 aliphatic carbocycles. The molecule has 1 aromatic heterocycles. The van der Waals surface area contributed by atoms with Crippen LogP contribution in [-0.2, 0) is 12.1 Å². The van der Waals surface area contributed by atoms with Crippen LogP contribution >= 0.6 is 0 Å². The zero-order chi connectivity index (χ0) is 23.3. The van der Waals surface area contributed by atoms with E-state index in [-0.39, 0.29) is 17.7 Å². The van der Waals surface area contributed by atoms with Gasteiger partial charge in [-0.25, -0.2) is 0 Å². The largest absolute Gasteiger partial charge is 0.366 e. The lowest BCUT2D eigenvalue weighted by molar-refractivity contribution is -0.110. The van der Waals surface area contributed by atoms with Crippen molar-refractivity contribution in [1.29, 1.82) is 0 Å². The van der Waals surface area contributed by atoms with E-state index in [0.29, 0.717) is 24.1 Å². The first-order valence-corrected chi connectivity index (χ1v) is 12.9. The summed E-state index contributed by atoms with van der Waals surface area (Å²) in [5, 5.41) is 13.7. The minimum atomic E-state index is -1.45. The van der Waals surface area contributed by atoms with Crippen LogP contribution in [0, 0.1) is 0 Å². The van der Waals surface area contributed by atoms with E-state index in [4.69, 9.17) is 0 Å². The molecule has 34 heavy (non-hydrogen) atoms. The minimum Gasteiger partial charge on any atom is -0.366 e. The molecule has 0 fully saturated rings. The van der Waals surface area contributed by atoms with Crippen LogP contribution in [0.3, 0.4) is 0 Å². The molecule has 0 spiro atoms. The van der Waals surface area contributed by atoms with Crippen LogP contribution in [-0.4, -0.2) is 32.9 Å². The Bertz CT molecular complexity index is 1280. The van der Waals surface area contributed by atoms with Crippen molar-refractivity contribution in [3.05, 3.63) is 70.9 Å². The van der Waals surface area contributed by atoms with Crippen LogP contribution in [0.4, 0.5) is 0 Å². The topological polar surface area (TPSA) is 62.5 Å². The molecular formula is C29H32N2O3. The lowest BCUT2D eigenvalue weighted by Crippen LogP contribution is -2.50. The SMILES string of the molecule is O=C1c2ccccc2C2(O)C3CCCc4c3n(c3ccccc43)C(=O)CCCCCCCCN12. The maximum atomic E-state index is 13.7. The summed E-state index contributed by atoms with van der Waals surface area (Å²) < 4.78 is 1.90. The van der Waals surface area contributed by atoms with Gasteiger partial charge in [0.1, 0.15) is 0 Å². The summed E-state index contributed by atoms with van der Waals surface area (Å²) in [6, 6.07) is 15.7. The highest BCUT2D eigenvalue weighted by Gasteiger charge is 2.55. The van der Waals surface area contributed by atoms with Gasteiger partial charge in [-0.3, -0.25) is 14.2 Å². The molecule has 3 aliphatic rings. The van der Waals surface area contributed by atoms with E-state index in [2.05, 4.69) is 6.07 Å². The molecule has 2 aromatic carbocycles. The van der Waals surface area contributed by atoms with E-state index in [1.165, 1.54) is 0 Å². The average Bonchev–Trinajstić information content (AvgIpc) is 3.31. The molecule has 0 bridgehead atoms. The number of carbonyl (C=O) groups is 2. The molecule has 3 heterocycles. The van der Waals surface area contributed by atoms with Gasteiger partial charge in [0.05, 0.1) is 11.4 Å². The molecule has 0 radical (unpaired) electrons. The van der Waals surface area contributed by atoms with Gasteiger partial charge in [0, 0.05) is 35.2 Å². The quantitative estimate of drug-likeness (QED) is 0.469. The summed E-state index contributed by atoms with van der Waals surface area (Å²) in [7, 11) is 0. The van der Waals surface area contributed by atoms with Gasteiger partial charge < -0.3 is 10.0 Å². The van der Waals surface area contributed by atoms with Gasteiger partial charge in [-0.15, -0.1) is 0 Å². The van der Waals surface area contributed by atoms with E-state index >= 15 is 0 Å². The van der Waals surface area contributed by atoms with Crippen LogP contribution in [0.5, 0.6) is 0 Å². The van der Waals surface area contributed by atoms with Crippen molar-refractivity contribution in [2.24, 2.45) is 0 Å². The summed E-state index contributed by atoms with van der Waals surface area (Å²) in [6.07, 6.45) is 9.10. The normalized spacial score (nSPS) is 25.6. The molecule has 3 aromatic rings. The Balaban J connectivity index is 1.61. The maximum absolute atomic E-state index is 13.7. The Morgan fingerprint density at radius 3 is 2.44 bits per heavy atom. The van der Waals surface area contributed by atoms with Gasteiger partial charge in [0.25, 0.3) is 5.91 Å². The van der Waals surface area contributed by atoms with E-state index in [9.17, 15) is 14.7 Å². The second kappa shape index (κ2) is 8.38. The van der Waals surface area contributed by atoms with Crippen LogP contribution < -0.4 is 0 Å². The fourth-order valence-electron chi connectivity index (χ4n) is 6.68. The lowest BCUT2D eigenvalue weighted by atomic mass is 9.77. The third kappa shape index (κ3) is 3.09. The molecule has 1 N–H and O–H groups in total. The summed E-state index contributed by atoms with van der Waals surface area (Å²) in [5.41, 5.74) is 2.86. The second-order valence-corrected chi connectivity index (χ2v) is 10.2. The highest BCUT2D eigenvalue weighted by molar-refractivity contribution is 6.00. The molecule has 0 saturated heterocycles. The van der Waals surface area contributed by atoms with E-state index in [1.54, 1.807) is 4.90 Å². The number of carbonyl (C=O) groups excluding carboxylic acids is 2. The van der Waals surface area contributed by atoms with Crippen molar-refractivity contribution in [2.45, 2.75) is 75.9 Å². The highest BCUT2D eigenvalue weighted by atomic mass is 16.3. The van der Waals surface area contributed by atoms with E-state index in [1.807, 2.05) is 47.0 Å².